The number of rotatable bonds is 6. The van der Waals surface area contributed by atoms with E-state index in [-0.39, 0.29) is 27.8 Å². The van der Waals surface area contributed by atoms with Crippen LogP contribution in [0.4, 0.5) is 5.69 Å². The molecule has 43 heavy (non-hydrogen) atoms. The van der Waals surface area contributed by atoms with Crippen molar-refractivity contribution in [3.05, 3.63) is 130 Å². The lowest BCUT2D eigenvalue weighted by Gasteiger charge is -2.38. The number of methoxy groups -OCH3 is 2. The Kier molecular flexibility index (Phi) is 6.36. The molecule has 3 aliphatic rings. The zero-order valence-electron chi connectivity index (χ0n) is 23.4. The summed E-state index contributed by atoms with van der Waals surface area (Å²) in [4.78, 5) is 46.4. The molecule has 3 aliphatic heterocycles. The third-order valence-corrected chi connectivity index (χ3v) is 9.26. The standard InChI is InChI=1S/C35H27ClN2O5/c1-42-21-15-16-28(43-2)24(19-21)31(39)29-30(32(40)23-11-5-7-13-26(23)36)38-18-17-20-9-3-4-10-22(20)33(38)35(29)25-12-6-8-14-27(25)37-34(35)41/h3-19,29-30,33H,1-2H3,(H,37,41)/t29-,30-,33-,35-/m1/s1. The van der Waals surface area contributed by atoms with Gasteiger partial charge in [0.2, 0.25) is 5.91 Å². The molecule has 7 rings (SSSR count). The molecule has 1 spiro atoms. The first-order valence-corrected chi connectivity index (χ1v) is 14.3. The molecule has 214 valence electrons. The van der Waals surface area contributed by atoms with E-state index in [1.807, 2.05) is 65.7 Å². The van der Waals surface area contributed by atoms with Crippen LogP contribution in [0.5, 0.6) is 11.5 Å². The van der Waals surface area contributed by atoms with Gasteiger partial charge in [0, 0.05) is 17.5 Å². The summed E-state index contributed by atoms with van der Waals surface area (Å²) in [5.74, 6) is -1.51. The van der Waals surface area contributed by atoms with Gasteiger partial charge in [0.25, 0.3) is 0 Å². The van der Waals surface area contributed by atoms with E-state index < -0.39 is 29.2 Å². The Morgan fingerprint density at radius 3 is 2.40 bits per heavy atom. The number of anilines is 1. The Morgan fingerprint density at radius 1 is 0.860 bits per heavy atom. The van der Waals surface area contributed by atoms with E-state index in [9.17, 15) is 9.59 Å². The molecular formula is C35H27ClN2O5. The molecule has 0 aromatic heterocycles. The molecule has 0 aliphatic carbocycles. The zero-order chi connectivity index (χ0) is 29.9. The fourth-order valence-electron chi connectivity index (χ4n) is 7.16. The van der Waals surface area contributed by atoms with Gasteiger partial charge in [-0.25, -0.2) is 0 Å². The van der Waals surface area contributed by atoms with Gasteiger partial charge in [0.1, 0.15) is 23.0 Å². The van der Waals surface area contributed by atoms with Crippen molar-refractivity contribution >= 4 is 40.8 Å². The van der Waals surface area contributed by atoms with Crippen LogP contribution < -0.4 is 14.8 Å². The molecule has 1 N–H and O–H groups in total. The second kappa shape index (κ2) is 10.1. The summed E-state index contributed by atoms with van der Waals surface area (Å²) in [6.07, 6.45) is 3.75. The highest BCUT2D eigenvalue weighted by Crippen LogP contribution is 2.62. The van der Waals surface area contributed by atoms with Gasteiger partial charge < -0.3 is 19.7 Å². The zero-order valence-corrected chi connectivity index (χ0v) is 24.2. The van der Waals surface area contributed by atoms with Crippen LogP contribution in [-0.2, 0) is 10.2 Å². The van der Waals surface area contributed by atoms with E-state index in [0.717, 1.165) is 11.1 Å². The molecule has 8 heteroatoms. The molecule has 0 radical (unpaired) electrons. The van der Waals surface area contributed by atoms with E-state index >= 15 is 4.79 Å². The smallest absolute Gasteiger partial charge is 0.238 e. The maximum atomic E-state index is 15.1. The van der Waals surface area contributed by atoms with Gasteiger partial charge in [-0.1, -0.05) is 66.2 Å². The van der Waals surface area contributed by atoms with Crippen LogP contribution in [0, 0.1) is 5.92 Å². The molecule has 7 nitrogen and oxygen atoms in total. The third-order valence-electron chi connectivity index (χ3n) is 8.93. The number of Topliss-reactive ketones (excluding diaryl/α,β-unsaturated/α-hetero) is 2. The van der Waals surface area contributed by atoms with Gasteiger partial charge >= 0.3 is 0 Å². The molecule has 4 atom stereocenters. The second-order valence-corrected chi connectivity index (χ2v) is 11.3. The average Bonchev–Trinajstić information content (AvgIpc) is 3.52. The van der Waals surface area contributed by atoms with E-state index in [0.29, 0.717) is 22.7 Å². The normalized spacial score (nSPS) is 22.9. The summed E-state index contributed by atoms with van der Waals surface area (Å²) in [5.41, 5.74) is 2.06. The maximum absolute atomic E-state index is 15.1. The second-order valence-electron chi connectivity index (χ2n) is 10.9. The number of ketones is 2. The number of nitrogens with zero attached hydrogens (tertiary/aromatic N) is 1. The number of benzene rings is 4. The van der Waals surface area contributed by atoms with E-state index in [4.69, 9.17) is 21.1 Å². The maximum Gasteiger partial charge on any atom is 0.238 e. The lowest BCUT2D eigenvalue weighted by Crippen LogP contribution is -2.49. The summed E-state index contributed by atoms with van der Waals surface area (Å²) in [6, 6.07) is 25.2. The minimum absolute atomic E-state index is 0.220. The quantitative estimate of drug-likeness (QED) is 0.264. The number of fused-ring (bicyclic) bond motifs is 6. The van der Waals surface area contributed by atoms with E-state index in [1.54, 1.807) is 42.5 Å². The van der Waals surface area contributed by atoms with Crippen LogP contribution in [0.25, 0.3) is 6.08 Å². The van der Waals surface area contributed by atoms with Gasteiger partial charge in [-0.3, -0.25) is 14.4 Å². The van der Waals surface area contributed by atoms with Crippen LogP contribution in [0.3, 0.4) is 0 Å². The van der Waals surface area contributed by atoms with Crippen LogP contribution in [0.1, 0.15) is 43.4 Å². The van der Waals surface area contributed by atoms with Gasteiger partial charge in [-0.2, -0.15) is 0 Å². The minimum atomic E-state index is -1.47. The van der Waals surface area contributed by atoms with Crippen LogP contribution >= 0.6 is 11.6 Å². The number of nitrogens with one attached hydrogen (secondary N) is 1. The van der Waals surface area contributed by atoms with Crippen molar-refractivity contribution in [2.45, 2.75) is 17.5 Å². The number of hydrogen-bond acceptors (Lipinski definition) is 6. The number of para-hydroxylation sites is 1. The first-order valence-electron chi connectivity index (χ1n) is 13.9. The molecular weight excluding hydrogens is 564 g/mol. The Bertz CT molecular complexity index is 1850. The Hall–Kier alpha value is -4.88. The van der Waals surface area contributed by atoms with Crippen molar-refractivity contribution in [1.29, 1.82) is 0 Å². The number of carbonyl (C=O) groups excluding carboxylic acids is 3. The summed E-state index contributed by atoms with van der Waals surface area (Å²) < 4.78 is 11.1. The minimum Gasteiger partial charge on any atom is -0.497 e. The van der Waals surface area contributed by atoms with Gasteiger partial charge in [0.05, 0.1) is 36.8 Å². The fourth-order valence-corrected chi connectivity index (χ4v) is 7.39. The predicted octanol–water partition coefficient (Wildman–Crippen LogP) is 6.34. The van der Waals surface area contributed by atoms with Crippen molar-refractivity contribution in [3.8, 4) is 11.5 Å². The highest BCUT2D eigenvalue weighted by Gasteiger charge is 2.71. The number of ether oxygens (including phenoxy) is 2. The van der Waals surface area contributed by atoms with E-state index in [1.165, 1.54) is 14.2 Å². The molecule has 4 aromatic rings. The summed E-state index contributed by atoms with van der Waals surface area (Å²) >= 11 is 6.59. The Balaban J connectivity index is 1.56. The van der Waals surface area contributed by atoms with Crippen molar-refractivity contribution in [2.75, 3.05) is 19.5 Å². The molecule has 4 aromatic carbocycles. The van der Waals surface area contributed by atoms with Gasteiger partial charge in [-0.15, -0.1) is 0 Å². The number of halogens is 1. The Labute approximate surface area is 253 Å². The van der Waals surface area contributed by atoms with Crippen molar-refractivity contribution in [3.63, 3.8) is 0 Å². The number of amides is 1. The number of hydrogen-bond donors (Lipinski definition) is 1. The molecule has 0 unspecified atom stereocenters. The van der Waals surface area contributed by atoms with Gasteiger partial charge in [0.15, 0.2) is 11.6 Å². The lowest BCUT2D eigenvalue weighted by atomic mass is 9.62. The van der Waals surface area contributed by atoms with Crippen molar-refractivity contribution in [2.24, 2.45) is 5.92 Å². The first-order chi connectivity index (χ1) is 20.9. The highest BCUT2D eigenvalue weighted by atomic mass is 35.5. The van der Waals surface area contributed by atoms with Gasteiger partial charge in [-0.05, 0) is 59.2 Å². The highest BCUT2D eigenvalue weighted by molar-refractivity contribution is 6.34. The first kappa shape index (κ1) is 27.0. The summed E-state index contributed by atoms with van der Waals surface area (Å²) in [5, 5.41) is 3.33. The fraction of sp³-hybridized carbons (Fsp3) is 0.171. The molecule has 1 saturated heterocycles. The molecule has 1 fully saturated rings. The summed E-state index contributed by atoms with van der Waals surface area (Å²) in [6.45, 7) is 0. The Morgan fingerprint density at radius 2 is 1.60 bits per heavy atom. The molecule has 3 heterocycles. The summed E-state index contributed by atoms with van der Waals surface area (Å²) in [7, 11) is 2.99. The van der Waals surface area contributed by atoms with Crippen LogP contribution in [0.15, 0.2) is 97.2 Å². The lowest BCUT2D eigenvalue weighted by molar-refractivity contribution is -0.122. The van der Waals surface area contributed by atoms with Crippen molar-refractivity contribution in [1.82, 2.24) is 4.90 Å². The number of carbonyl (C=O) groups is 3. The molecule has 1 amide bonds. The average molecular weight is 591 g/mol. The molecule has 0 bridgehead atoms. The van der Waals surface area contributed by atoms with Crippen LogP contribution in [0.2, 0.25) is 5.02 Å². The van der Waals surface area contributed by atoms with E-state index in [2.05, 4.69) is 5.32 Å². The monoisotopic (exact) mass is 590 g/mol. The van der Waals surface area contributed by atoms with Crippen molar-refractivity contribution < 1.29 is 23.9 Å². The SMILES string of the molecule is COc1ccc(OC)c(C(=O)[C@H]2[C@H](C(=O)c3ccccc3Cl)N3C=Cc4ccccc4[C@@H]3[C@]23C(=O)Nc2ccccc23)c1. The largest absolute Gasteiger partial charge is 0.497 e. The molecule has 0 saturated carbocycles. The predicted molar refractivity (Wildman–Crippen MR) is 164 cm³/mol. The third kappa shape index (κ3) is 3.78. The topological polar surface area (TPSA) is 84.9 Å². The van der Waals surface area contributed by atoms with Crippen LogP contribution in [-0.4, -0.2) is 42.6 Å².